The van der Waals surface area contributed by atoms with Crippen molar-refractivity contribution in [2.75, 3.05) is 0 Å². The summed E-state index contributed by atoms with van der Waals surface area (Å²) in [6.07, 6.45) is -1.69. The van der Waals surface area contributed by atoms with Crippen molar-refractivity contribution in [3.63, 3.8) is 0 Å². The first-order valence-electron chi connectivity index (χ1n) is 5.59. The van der Waals surface area contributed by atoms with Gasteiger partial charge in [-0.3, -0.25) is 14.9 Å². The number of benzene rings is 1. The van der Waals surface area contributed by atoms with Crippen LogP contribution in [-0.4, -0.2) is 15.7 Å². The molecule has 0 spiro atoms. The zero-order valence-corrected chi connectivity index (χ0v) is 10.2. The van der Waals surface area contributed by atoms with Crippen molar-refractivity contribution in [2.45, 2.75) is 12.7 Å². The highest BCUT2D eigenvalue weighted by atomic mass is 19.4. The van der Waals surface area contributed by atoms with Crippen LogP contribution in [0.3, 0.4) is 0 Å². The molecule has 2 rings (SSSR count). The van der Waals surface area contributed by atoms with Gasteiger partial charge in [-0.2, -0.15) is 18.3 Å². The van der Waals surface area contributed by atoms with Crippen LogP contribution >= 0.6 is 0 Å². The van der Waals surface area contributed by atoms with Crippen molar-refractivity contribution in [3.8, 4) is 0 Å². The van der Waals surface area contributed by atoms with E-state index in [-0.39, 0.29) is 12.1 Å². The average molecular weight is 284 g/mol. The lowest BCUT2D eigenvalue weighted by Crippen LogP contribution is -2.29. The van der Waals surface area contributed by atoms with Gasteiger partial charge in [-0.25, -0.2) is 5.84 Å². The topological polar surface area (TPSA) is 72.9 Å². The van der Waals surface area contributed by atoms with E-state index in [2.05, 4.69) is 5.10 Å². The molecule has 8 heteroatoms. The highest BCUT2D eigenvalue weighted by Crippen LogP contribution is 2.29. The van der Waals surface area contributed by atoms with Crippen LogP contribution in [0.25, 0.3) is 0 Å². The molecule has 0 radical (unpaired) electrons. The molecule has 0 aliphatic carbocycles. The second kappa shape index (κ2) is 5.33. The molecule has 106 valence electrons. The van der Waals surface area contributed by atoms with Gasteiger partial charge in [-0.05, 0) is 17.7 Å². The standard InChI is InChI=1S/C12H11F3N4O/c13-12(14,15)10-3-1-2-8(4-10)6-19-7-9(5-17-19)11(20)18-16/h1-5,7H,6,16H2,(H,18,20). The maximum atomic E-state index is 12.6. The summed E-state index contributed by atoms with van der Waals surface area (Å²) in [4.78, 5) is 11.2. The second-order valence-electron chi connectivity index (χ2n) is 4.10. The molecule has 1 aromatic carbocycles. The lowest BCUT2D eigenvalue weighted by molar-refractivity contribution is -0.137. The number of hydrazine groups is 1. The molecule has 0 aliphatic heterocycles. The van der Waals surface area contributed by atoms with Gasteiger partial charge in [-0.1, -0.05) is 12.1 Å². The number of rotatable bonds is 3. The third-order valence-electron chi connectivity index (χ3n) is 2.63. The summed E-state index contributed by atoms with van der Waals surface area (Å²) in [7, 11) is 0. The Morgan fingerprint density at radius 2 is 2.15 bits per heavy atom. The maximum Gasteiger partial charge on any atom is 0.416 e. The van der Waals surface area contributed by atoms with E-state index in [1.165, 1.54) is 23.1 Å². The fourth-order valence-corrected chi connectivity index (χ4v) is 1.68. The van der Waals surface area contributed by atoms with Gasteiger partial charge in [0.2, 0.25) is 0 Å². The molecule has 3 N–H and O–H groups in total. The van der Waals surface area contributed by atoms with Crippen LogP contribution in [0.15, 0.2) is 36.7 Å². The minimum absolute atomic E-state index is 0.127. The fourth-order valence-electron chi connectivity index (χ4n) is 1.68. The normalized spacial score (nSPS) is 11.4. The minimum atomic E-state index is -4.38. The first kappa shape index (κ1) is 14.1. The lowest BCUT2D eigenvalue weighted by atomic mass is 10.1. The van der Waals surface area contributed by atoms with Crippen LogP contribution < -0.4 is 11.3 Å². The number of alkyl halides is 3. The predicted molar refractivity (Wildman–Crippen MR) is 64.4 cm³/mol. The molecule has 2 aromatic rings. The average Bonchev–Trinajstić information content (AvgIpc) is 2.85. The quantitative estimate of drug-likeness (QED) is 0.510. The van der Waals surface area contributed by atoms with E-state index < -0.39 is 17.6 Å². The summed E-state index contributed by atoms with van der Waals surface area (Å²) >= 11 is 0. The van der Waals surface area contributed by atoms with Crippen LogP contribution in [0.5, 0.6) is 0 Å². The van der Waals surface area contributed by atoms with Crippen LogP contribution in [0.2, 0.25) is 0 Å². The van der Waals surface area contributed by atoms with Gasteiger partial charge in [0.1, 0.15) is 0 Å². The van der Waals surface area contributed by atoms with Crippen LogP contribution in [0.4, 0.5) is 13.2 Å². The number of nitrogens with two attached hydrogens (primary N) is 1. The van der Waals surface area contributed by atoms with Crippen LogP contribution in [0.1, 0.15) is 21.5 Å². The summed E-state index contributed by atoms with van der Waals surface area (Å²) in [5.74, 6) is 4.46. The van der Waals surface area contributed by atoms with Crippen molar-refractivity contribution in [1.29, 1.82) is 0 Å². The summed E-state index contributed by atoms with van der Waals surface area (Å²) in [6, 6.07) is 4.93. The molecule has 0 aliphatic rings. The number of nitrogens with zero attached hydrogens (tertiary/aromatic N) is 2. The molecule has 0 bridgehead atoms. The van der Waals surface area contributed by atoms with Gasteiger partial charge in [-0.15, -0.1) is 0 Å². The van der Waals surface area contributed by atoms with Gasteiger partial charge in [0.15, 0.2) is 0 Å². The van der Waals surface area contributed by atoms with E-state index in [0.29, 0.717) is 5.56 Å². The van der Waals surface area contributed by atoms with Gasteiger partial charge < -0.3 is 0 Å². The number of hydrogen-bond donors (Lipinski definition) is 2. The van der Waals surface area contributed by atoms with E-state index >= 15 is 0 Å². The number of nitrogen functional groups attached to an aromatic ring is 1. The smallest absolute Gasteiger partial charge is 0.290 e. The molecule has 1 aromatic heterocycles. The zero-order chi connectivity index (χ0) is 14.8. The monoisotopic (exact) mass is 284 g/mol. The largest absolute Gasteiger partial charge is 0.416 e. The van der Waals surface area contributed by atoms with Gasteiger partial charge in [0.05, 0.1) is 23.9 Å². The van der Waals surface area contributed by atoms with E-state index in [9.17, 15) is 18.0 Å². The SMILES string of the molecule is NNC(=O)c1cnn(Cc2cccc(C(F)(F)F)c2)c1. The third kappa shape index (κ3) is 3.15. The molecule has 5 nitrogen and oxygen atoms in total. The molecule has 0 saturated heterocycles. The molecular weight excluding hydrogens is 273 g/mol. The molecule has 0 saturated carbocycles. The highest BCUT2D eigenvalue weighted by Gasteiger charge is 2.30. The molecular formula is C12H11F3N4O. The van der Waals surface area contributed by atoms with Crippen molar-refractivity contribution >= 4 is 5.91 Å². The molecule has 1 heterocycles. The Morgan fingerprint density at radius 1 is 1.40 bits per heavy atom. The van der Waals surface area contributed by atoms with E-state index in [0.717, 1.165) is 12.1 Å². The highest BCUT2D eigenvalue weighted by molar-refractivity contribution is 5.93. The van der Waals surface area contributed by atoms with Gasteiger partial charge in [0, 0.05) is 6.20 Å². The van der Waals surface area contributed by atoms with E-state index in [1.807, 2.05) is 5.43 Å². The lowest BCUT2D eigenvalue weighted by Gasteiger charge is -2.08. The first-order chi connectivity index (χ1) is 9.40. The third-order valence-corrected chi connectivity index (χ3v) is 2.63. The Balaban J connectivity index is 2.18. The Hall–Kier alpha value is -2.35. The predicted octanol–water partition coefficient (Wildman–Crippen LogP) is 1.55. The number of aromatic nitrogens is 2. The van der Waals surface area contributed by atoms with Crippen LogP contribution in [-0.2, 0) is 12.7 Å². The van der Waals surface area contributed by atoms with Gasteiger partial charge >= 0.3 is 6.18 Å². The second-order valence-corrected chi connectivity index (χ2v) is 4.10. The van der Waals surface area contributed by atoms with E-state index in [4.69, 9.17) is 5.84 Å². The Kier molecular flexibility index (Phi) is 3.75. The molecule has 20 heavy (non-hydrogen) atoms. The number of carbonyl (C=O) groups excluding carboxylic acids is 1. The first-order valence-corrected chi connectivity index (χ1v) is 5.59. The van der Waals surface area contributed by atoms with Crippen LogP contribution in [0, 0.1) is 0 Å². The number of carbonyl (C=O) groups is 1. The molecule has 0 unspecified atom stereocenters. The Bertz CT molecular complexity index is 621. The molecule has 1 amide bonds. The summed E-state index contributed by atoms with van der Waals surface area (Å²) in [5.41, 5.74) is 1.89. The number of hydrogen-bond acceptors (Lipinski definition) is 3. The number of amides is 1. The minimum Gasteiger partial charge on any atom is -0.290 e. The fraction of sp³-hybridized carbons (Fsp3) is 0.167. The van der Waals surface area contributed by atoms with Gasteiger partial charge in [0.25, 0.3) is 5.91 Å². The maximum absolute atomic E-state index is 12.6. The number of halogens is 3. The summed E-state index contributed by atoms with van der Waals surface area (Å²) < 4.78 is 39.1. The van der Waals surface area contributed by atoms with Crippen molar-refractivity contribution in [3.05, 3.63) is 53.3 Å². The van der Waals surface area contributed by atoms with Crippen molar-refractivity contribution in [1.82, 2.24) is 15.2 Å². The zero-order valence-electron chi connectivity index (χ0n) is 10.2. The summed E-state index contributed by atoms with van der Waals surface area (Å²) in [5, 5.41) is 3.89. The van der Waals surface area contributed by atoms with Crippen molar-refractivity contribution in [2.24, 2.45) is 5.84 Å². The number of nitrogens with one attached hydrogen (secondary N) is 1. The Labute approximate surface area is 112 Å². The van der Waals surface area contributed by atoms with E-state index in [1.54, 1.807) is 6.07 Å². The Morgan fingerprint density at radius 3 is 2.80 bits per heavy atom. The molecule has 0 fully saturated rings. The molecule has 0 atom stereocenters. The van der Waals surface area contributed by atoms with Crippen molar-refractivity contribution < 1.29 is 18.0 Å². The summed E-state index contributed by atoms with van der Waals surface area (Å²) in [6.45, 7) is 0.127.